The molecule has 1 aromatic carbocycles. The number of nitrogens with two attached hydrogens (primary N) is 1. The summed E-state index contributed by atoms with van der Waals surface area (Å²) in [4.78, 5) is 28.2. The molecule has 0 unspecified atom stereocenters. The average molecular weight is 541 g/mol. The van der Waals surface area contributed by atoms with Crippen molar-refractivity contribution >= 4 is 29.0 Å². The van der Waals surface area contributed by atoms with Gasteiger partial charge in [0, 0.05) is 42.4 Å². The van der Waals surface area contributed by atoms with Crippen molar-refractivity contribution in [3.05, 3.63) is 48.4 Å². The fourth-order valence-corrected chi connectivity index (χ4v) is 5.06. The predicted molar refractivity (Wildman–Crippen MR) is 135 cm³/mol. The van der Waals surface area contributed by atoms with Crippen molar-refractivity contribution in [2.75, 3.05) is 31.0 Å². The molecule has 1 spiro atoms. The van der Waals surface area contributed by atoms with Gasteiger partial charge in [-0.05, 0) is 12.5 Å². The molecule has 3 aromatic rings. The zero-order chi connectivity index (χ0) is 27.4. The van der Waals surface area contributed by atoms with Crippen molar-refractivity contribution in [1.82, 2.24) is 14.8 Å². The lowest BCUT2D eigenvalue weighted by atomic mass is 9.85. The van der Waals surface area contributed by atoms with Crippen molar-refractivity contribution in [2.24, 2.45) is 11.7 Å². The Labute approximate surface area is 221 Å². The van der Waals surface area contributed by atoms with Crippen LogP contribution < -0.4 is 21.1 Å². The summed E-state index contributed by atoms with van der Waals surface area (Å²) >= 11 is 0. The van der Waals surface area contributed by atoms with E-state index in [4.69, 9.17) is 19.9 Å². The van der Waals surface area contributed by atoms with Gasteiger partial charge in [-0.2, -0.15) is 5.10 Å². The molecule has 2 saturated carbocycles. The highest BCUT2D eigenvalue weighted by Crippen LogP contribution is 2.50. The quantitative estimate of drug-likeness (QED) is 0.394. The van der Waals surface area contributed by atoms with Gasteiger partial charge in [-0.1, -0.05) is 12.1 Å². The molecular formula is C26H26F2N6O5. The number of nitrogens with zero attached hydrogens (tertiary/aromatic N) is 3. The molecule has 3 heterocycles. The molecule has 39 heavy (non-hydrogen) atoms. The van der Waals surface area contributed by atoms with Gasteiger partial charge in [0.25, 0.3) is 11.8 Å². The van der Waals surface area contributed by atoms with Crippen molar-refractivity contribution in [3.63, 3.8) is 0 Å². The number of anilines is 3. The van der Waals surface area contributed by atoms with Crippen LogP contribution in [0.2, 0.25) is 0 Å². The van der Waals surface area contributed by atoms with Crippen molar-refractivity contribution in [2.45, 2.75) is 37.0 Å². The first-order valence-corrected chi connectivity index (χ1v) is 12.5. The number of methoxy groups -OCH3 is 1. The monoisotopic (exact) mass is 540 g/mol. The molecule has 6 rings (SSSR count). The van der Waals surface area contributed by atoms with Crippen LogP contribution in [0, 0.1) is 5.92 Å². The average Bonchev–Trinajstić information content (AvgIpc) is 3.28. The lowest BCUT2D eigenvalue weighted by Crippen LogP contribution is -2.49. The van der Waals surface area contributed by atoms with E-state index in [2.05, 4.69) is 20.7 Å². The molecule has 3 fully saturated rings. The Balaban J connectivity index is 1.28. The van der Waals surface area contributed by atoms with Gasteiger partial charge in [0.05, 0.1) is 43.5 Å². The first-order chi connectivity index (χ1) is 18.7. The van der Waals surface area contributed by atoms with Crippen LogP contribution in [-0.2, 0) is 14.3 Å². The molecule has 3 aliphatic rings. The summed E-state index contributed by atoms with van der Waals surface area (Å²) in [5.41, 5.74) is 7.80. The van der Waals surface area contributed by atoms with E-state index in [1.54, 1.807) is 18.3 Å². The molecule has 2 aromatic heterocycles. The predicted octanol–water partition coefficient (Wildman–Crippen LogP) is 3.47. The fourth-order valence-electron chi connectivity index (χ4n) is 5.06. The molecule has 11 nitrogen and oxygen atoms in total. The van der Waals surface area contributed by atoms with Gasteiger partial charge in [-0.15, -0.1) is 0 Å². The third-order valence-corrected chi connectivity index (χ3v) is 7.33. The number of ether oxygens (including phenoxy) is 3. The molecule has 204 valence electrons. The molecule has 4 N–H and O–H groups in total. The van der Waals surface area contributed by atoms with Crippen LogP contribution in [0.1, 0.15) is 35.7 Å². The number of carbonyl (C=O) groups excluding carboxylic acids is 2. The Morgan fingerprint density at radius 1 is 1.21 bits per heavy atom. The number of pyridine rings is 1. The minimum Gasteiger partial charge on any atom is -0.494 e. The Morgan fingerprint density at radius 2 is 1.97 bits per heavy atom. The standard InChI is InChI=1S/C26H26F2N6O5/c1-37-22-15(14-11-31-34(13-14)20-5-6-26(20)38-7-8-39-26)3-2-4-18(22)32-19-9-21(30-12-16(19)23(29)35)33-24(36)17-10-25(17,27)28/h2-4,9,11-13,17,20H,5-8,10H2,1H3,(H2,29,35)(H2,30,32,33,36)/t17-,20+/m1/s1. The lowest BCUT2D eigenvalue weighted by molar-refractivity contribution is -0.242. The maximum absolute atomic E-state index is 13.3. The number of halogens is 2. The van der Waals surface area contributed by atoms with Crippen LogP contribution in [0.15, 0.2) is 42.9 Å². The fraction of sp³-hybridized carbons (Fsp3) is 0.385. The lowest BCUT2D eigenvalue weighted by Gasteiger charge is -2.44. The van der Waals surface area contributed by atoms with E-state index in [0.29, 0.717) is 24.7 Å². The Hall–Kier alpha value is -4.10. The van der Waals surface area contributed by atoms with Crippen molar-refractivity contribution in [3.8, 4) is 16.9 Å². The summed E-state index contributed by atoms with van der Waals surface area (Å²) in [5.74, 6) is -6.18. The number of primary amides is 1. The first kappa shape index (κ1) is 25.2. The maximum atomic E-state index is 13.3. The number of amides is 2. The second-order valence-corrected chi connectivity index (χ2v) is 9.77. The zero-order valence-corrected chi connectivity index (χ0v) is 20.9. The summed E-state index contributed by atoms with van der Waals surface area (Å²) in [6.07, 6.45) is 6.00. The number of rotatable bonds is 8. The second-order valence-electron chi connectivity index (χ2n) is 9.77. The molecule has 1 saturated heterocycles. The van der Waals surface area contributed by atoms with Crippen LogP contribution in [0.4, 0.5) is 26.0 Å². The number of benzene rings is 1. The van der Waals surface area contributed by atoms with Gasteiger partial charge in [0.2, 0.25) is 5.91 Å². The topological polar surface area (TPSA) is 143 Å². The van der Waals surface area contributed by atoms with E-state index in [9.17, 15) is 18.4 Å². The Kier molecular flexibility index (Phi) is 5.99. The first-order valence-electron chi connectivity index (χ1n) is 12.5. The molecular weight excluding hydrogens is 514 g/mol. The highest BCUT2D eigenvalue weighted by atomic mass is 19.3. The number of nitrogens with one attached hydrogen (secondary N) is 2. The number of para-hydroxylation sites is 1. The van der Waals surface area contributed by atoms with Crippen molar-refractivity contribution in [1.29, 1.82) is 0 Å². The van der Waals surface area contributed by atoms with E-state index in [1.165, 1.54) is 19.4 Å². The van der Waals surface area contributed by atoms with E-state index < -0.39 is 35.9 Å². The number of aromatic nitrogens is 3. The Bertz CT molecular complexity index is 1450. The summed E-state index contributed by atoms with van der Waals surface area (Å²) in [6.45, 7) is 1.12. The summed E-state index contributed by atoms with van der Waals surface area (Å²) < 4.78 is 45.9. The minimum atomic E-state index is -3.02. The number of hydrogen-bond donors (Lipinski definition) is 3. The van der Waals surface area contributed by atoms with Crippen LogP contribution in [0.3, 0.4) is 0 Å². The summed E-state index contributed by atoms with van der Waals surface area (Å²) in [7, 11) is 1.51. The SMILES string of the molecule is COc1c(Nc2cc(NC(=O)[C@H]3CC3(F)F)ncc2C(N)=O)cccc1-c1cnn([C@H]2CCC23OCCO3)c1. The molecule has 2 atom stereocenters. The van der Waals surface area contributed by atoms with Gasteiger partial charge in [-0.25, -0.2) is 13.8 Å². The van der Waals surface area contributed by atoms with E-state index >= 15 is 0 Å². The number of hydrogen-bond acceptors (Lipinski definition) is 8. The second kappa shape index (κ2) is 9.27. The van der Waals surface area contributed by atoms with Gasteiger partial charge >= 0.3 is 0 Å². The van der Waals surface area contributed by atoms with Gasteiger partial charge in [0.15, 0.2) is 5.79 Å². The minimum absolute atomic E-state index is 0.00243. The number of alkyl halides is 2. The normalized spacial score (nSPS) is 22.2. The molecule has 13 heteroatoms. The number of carbonyl (C=O) groups is 2. The molecule has 0 bridgehead atoms. The van der Waals surface area contributed by atoms with Gasteiger partial charge in [0.1, 0.15) is 23.5 Å². The largest absolute Gasteiger partial charge is 0.494 e. The third-order valence-electron chi connectivity index (χ3n) is 7.33. The van der Waals surface area contributed by atoms with Crippen LogP contribution in [0.25, 0.3) is 11.1 Å². The molecule has 0 radical (unpaired) electrons. The summed E-state index contributed by atoms with van der Waals surface area (Å²) in [5, 5.41) is 10.0. The van der Waals surface area contributed by atoms with E-state index in [1.807, 2.05) is 16.9 Å². The molecule has 2 aliphatic carbocycles. The van der Waals surface area contributed by atoms with E-state index in [-0.39, 0.29) is 23.1 Å². The van der Waals surface area contributed by atoms with E-state index in [0.717, 1.165) is 24.0 Å². The van der Waals surface area contributed by atoms with Crippen molar-refractivity contribution < 1.29 is 32.6 Å². The smallest absolute Gasteiger partial charge is 0.260 e. The maximum Gasteiger partial charge on any atom is 0.260 e. The van der Waals surface area contributed by atoms with Crippen LogP contribution in [0.5, 0.6) is 5.75 Å². The highest BCUT2D eigenvalue weighted by molar-refractivity contribution is 6.01. The molecule has 1 aliphatic heterocycles. The third kappa shape index (κ3) is 4.46. The Morgan fingerprint density at radius 3 is 2.62 bits per heavy atom. The van der Waals surface area contributed by atoms with Gasteiger partial charge in [-0.3, -0.25) is 14.3 Å². The summed E-state index contributed by atoms with van der Waals surface area (Å²) in [6, 6.07) is 6.74. The van der Waals surface area contributed by atoms with Crippen LogP contribution in [-0.4, -0.2) is 58.6 Å². The van der Waals surface area contributed by atoms with Gasteiger partial charge < -0.3 is 30.6 Å². The highest BCUT2D eigenvalue weighted by Gasteiger charge is 2.61. The zero-order valence-electron chi connectivity index (χ0n) is 20.9. The molecule has 2 amide bonds. The van der Waals surface area contributed by atoms with Crippen LogP contribution >= 0.6 is 0 Å².